The number of halogens is 2. The zero-order chi connectivity index (χ0) is 24.5. The Morgan fingerprint density at radius 2 is 1.71 bits per heavy atom. The van der Waals surface area contributed by atoms with Gasteiger partial charge in [-0.1, -0.05) is 24.3 Å². The predicted octanol–water partition coefficient (Wildman–Crippen LogP) is 4.83. The molecule has 0 radical (unpaired) electrons. The highest BCUT2D eigenvalue weighted by atomic mass is 19.1. The van der Waals surface area contributed by atoms with E-state index in [1.165, 1.54) is 24.3 Å². The molecule has 1 N–H and O–H groups in total. The number of piperazine rings is 1. The van der Waals surface area contributed by atoms with Crippen molar-refractivity contribution in [1.29, 1.82) is 0 Å². The van der Waals surface area contributed by atoms with Crippen molar-refractivity contribution in [3.8, 4) is 0 Å². The molecule has 0 spiro atoms. The van der Waals surface area contributed by atoms with Gasteiger partial charge in [-0.15, -0.1) is 0 Å². The molecule has 1 saturated heterocycles. The molecule has 3 aromatic rings. The second-order valence-electron chi connectivity index (χ2n) is 9.12. The second kappa shape index (κ2) is 9.44. The van der Waals surface area contributed by atoms with E-state index < -0.39 is 0 Å². The molecule has 1 fully saturated rings. The highest BCUT2D eigenvalue weighted by molar-refractivity contribution is 5.91. The number of carbonyl (C=O) groups excluding carboxylic acids is 1. The molecule has 0 unspecified atom stereocenters. The summed E-state index contributed by atoms with van der Waals surface area (Å²) in [5.74, 6) is 0.305. The van der Waals surface area contributed by atoms with Crippen molar-refractivity contribution in [3.05, 3.63) is 88.9 Å². The first-order valence-electron chi connectivity index (χ1n) is 11.8. The average Bonchev–Trinajstić information content (AvgIpc) is 3.29. The first-order valence-corrected chi connectivity index (χ1v) is 11.8. The maximum Gasteiger partial charge on any atom is 0.318 e. The smallest absolute Gasteiger partial charge is 0.318 e. The van der Waals surface area contributed by atoms with E-state index in [1.54, 1.807) is 30.6 Å². The van der Waals surface area contributed by atoms with Crippen LogP contribution < -0.4 is 10.2 Å². The number of carbonyl (C=O) groups is 1. The lowest BCUT2D eigenvalue weighted by atomic mass is 10.1. The summed E-state index contributed by atoms with van der Waals surface area (Å²) in [7, 11) is 0. The third-order valence-electron chi connectivity index (χ3n) is 6.73. The Morgan fingerprint density at radius 1 is 1.03 bits per heavy atom. The lowest BCUT2D eigenvalue weighted by molar-refractivity contribution is 0.168. The Bertz CT molecular complexity index is 1260. The molecule has 1 aliphatic carbocycles. The van der Waals surface area contributed by atoms with Crippen LogP contribution in [0.4, 0.5) is 19.4 Å². The van der Waals surface area contributed by atoms with E-state index in [4.69, 9.17) is 0 Å². The molecule has 35 heavy (non-hydrogen) atoms. The fourth-order valence-corrected chi connectivity index (χ4v) is 4.77. The molecule has 2 aromatic carbocycles. The number of benzene rings is 2. The van der Waals surface area contributed by atoms with Gasteiger partial charge in [-0.3, -0.25) is 0 Å². The minimum atomic E-state index is -0.298. The molecule has 8 heteroatoms. The number of amides is 2. The molecular formula is C27H27F2N5O. The van der Waals surface area contributed by atoms with Crippen LogP contribution >= 0.6 is 0 Å². The molecule has 2 aliphatic rings. The van der Waals surface area contributed by atoms with E-state index in [0.717, 1.165) is 33.8 Å². The number of aromatic nitrogens is 2. The van der Waals surface area contributed by atoms with Gasteiger partial charge < -0.3 is 15.1 Å². The molecule has 2 atom stereocenters. The molecule has 6 nitrogen and oxygen atoms in total. The van der Waals surface area contributed by atoms with Crippen molar-refractivity contribution in [3.63, 3.8) is 0 Å². The Balaban J connectivity index is 1.27. The molecule has 1 aliphatic heterocycles. The Morgan fingerprint density at radius 3 is 2.40 bits per heavy atom. The van der Waals surface area contributed by atoms with Gasteiger partial charge in [-0.2, -0.15) is 0 Å². The van der Waals surface area contributed by atoms with Crippen LogP contribution in [0.2, 0.25) is 0 Å². The van der Waals surface area contributed by atoms with Crippen molar-refractivity contribution in [2.45, 2.75) is 32.4 Å². The Kier molecular flexibility index (Phi) is 6.19. The van der Waals surface area contributed by atoms with E-state index in [-0.39, 0.29) is 29.7 Å². The van der Waals surface area contributed by atoms with Gasteiger partial charge in [0.15, 0.2) is 0 Å². The molecular weight excluding hydrogens is 448 g/mol. The third kappa shape index (κ3) is 4.73. The summed E-state index contributed by atoms with van der Waals surface area (Å²) < 4.78 is 26.6. The van der Waals surface area contributed by atoms with Crippen LogP contribution in [0.3, 0.4) is 0 Å². The van der Waals surface area contributed by atoms with Gasteiger partial charge in [-0.05, 0) is 60.9 Å². The first-order chi connectivity index (χ1) is 16.9. The minimum Gasteiger partial charge on any atom is -0.352 e. The van der Waals surface area contributed by atoms with Gasteiger partial charge in [0.05, 0.1) is 11.7 Å². The zero-order valence-electron chi connectivity index (χ0n) is 19.7. The quantitative estimate of drug-likeness (QED) is 0.587. The number of anilines is 1. The van der Waals surface area contributed by atoms with Gasteiger partial charge in [0.25, 0.3) is 0 Å². The largest absolute Gasteiger partial charge is 0.352 e. The van der Waals surface area contributed by atoms with E-state index in [0.29, 0.717) is 26.1 Å². The number of nitrogens with one attached hydrogen (secondary N) is 1. The maximum atomic E-state index is 13.3. The fourth-order valence-electron chi connectivity index (χ4n) is 4.77. The zero-order valence-corrected chi connectivity index (χ0v) is 19.7. The van der Waals surface area contributed by atoms with Crippen LogP contribution in [0.25, 0.3) is 11.6 Å². The van der Waals surface area contributed by atoms with Gasteiger partial charge in [0, 0.05) is 37.7 Å². The minimum absolute atomic E-state index is 0.0308. The normalized spacial score (nSPS) is 18.2. The van der Waals surface area contributed by atoms with Gasteiger partial charge >= 0.3 is 6.03 Å². The van der Waals surface area contributed by atoms with Gasteiger partial charge in [-0.25, -0.2) is 23.5 Å². The maximum absolute atomic E-state index is 13.3. The van der Waals surface area contributed by atoms with Crippen molar-refractivity contribution >= 4 is 23.5 Å². The number of allylic oxidation sites excluding steroid dienone is 1. The highest BCUT2D eigenvalue weighted by Crippen LogP contribution is 2.35. The van der Waals surface area contributed by atoms with Crippen LogP contribution in [0.5, 0.6) is 0 Å². The highest BCUT2D eigenvalue weighted by Gasteiger charge is 2.31. The van der Waals surface area contributed by atoms with Crippen molar-refractivity contribution in [2.24, 2.45) is 0 Å². The summed E-state index contributed by atoms with van der Waals surface area (Å²) in [6.07, 6.45) is 4.35. The first kappa shape index (κ1) is 23.0. The second-order valence-corrected chi connectivity index (χ2v) is 9.12. The Labute approximate surface area is 203 Å². The standard InChI is InChI=1S/C27H27F2N5O/c1-17-15-33(11-12-34(17)27(35)32-18(2)19-3-7-22(28)8-4-19)26-24-13-21(14-25(24)30-16-31-26)20-5-9-23(29)10-6-20/h3-10,13,16-18H,11-12,14-15H2,1-2H3,(H,32,35)/t17-,18+/m1/s1. The van der Waals surface area contributed by atoms with Gasteiger partial charge in [0.2, 0.25) is 0 Å². The SMILES string of the molecule is C[C@H](NC(=O)N1CCN(c2ncnc3c2C=C(c2ccc(F)cc2)C3)C[C@H]1C)c1ccc(F)cc1. The topological polar surface area (TPSA) is 61.4 Å². The summed E-state index contributed by atoms with van der Waals surface area (Å²) in [4.78, 5) is 26.1. The van der Waals surface area contributed by atoms with E-state index in [2.05, 4.69) is 26.3 Å². The summed E-state index contributed by atoms with van der Waals surface area (Å²) >= 11 is 0. The molecule has 180 valence electrons. The van der Waals surface area contributed by atoms with E-state index >= 15 is 0 Å². The molecule has 0 saturated carbocycles. The molecule has 2 amide bonds. The lowest BCUT2D eigenvalue weighted by Gasteiger charge is -2.41. The van der Waals surface area contributed by atoms with Crippen molar-refractivity contribution < 1.29 is 13.6 Å². The number of hydrogen-bond donors (Lipinski definition) is 1. The predicted molar refractivity (Wildman–Crippen MR) is 132 cm³/mol. The number of rotatable bonds is 4. The van der Waals surface area contributed by atoms with Crippen LogP contribution in [-0.2, 0) is 6.42 Å². The van der Waals surface area contributed by atoms with Crippen molar-refractivity contribution in [2.75, 3.05) is 24.5 Å². The third-order valence-corrected chi connectivity index (χ3v) is 6.73. The summed E-state index contributed by atoms with van der Waals surface area (Å²) in [5.41, 5.74) is 4.85. The monoisotopic (exact) mass is 475 g/mol. The van der Waals surface area contributed by atoms with Crippen LogP contribution in [0, 0.1) is 11.6 Å². The number of urea groups is 1. The van der Waals surface area contributed by atoms with Crippen molar-refractivity contribution in [1.82, 2.24) is 20.2 Å². The molecule has 5 rings (SSSR count). The summed E-state index contributed by atoms with van der Waals surface area (Å²) in [6, 6.07) is 12.3. The van der Waals surface area contributed by atoms with E-state index in [1.807, 2.05) is 18.7 Å². The summed E-state index contributed by atoms with van der Waals surface area (Å²) in [6.45, 7) is 5.75. The number of nitrogens with zero attached hydrogens (tertiary/aromatic N) is 4. The van der Waals surface area contributed by atoms with Crippen LogP contribution in [-0.4, -0.2) is 46.6 Å². The molecule has 0 bridgehead atoms. The number of hydrogen-bond acceptors (Lipinski definition) is 4. The average molecular weight is 476 g/mol. The van der Waals surface area contributed by atoms with Crippen LogP contribution in [0.1, 0.15) is 42.3 Å². The lowest BCUT2D eigenvalue weighted by Crippen LogP contribution is -2.57. The fraction of sp³-hybridized carbons (Fsp3) is 0.296. The molecule has 2 heterocycles. The van der Waals surface area contributed by atoms with E-state index in [9.17, 15) is 13.6 Å². The van der Waals surface area contributed by atoms with Crippen LogP contribution in [0.15, 0.2) is 54.9 Å². The Hall–Kier alpha value is -3.81. The molecule has 1 aromatic heterocycles. The number of fused-ring (bicyclic) bond motifs is 1. The van der Waals surface area contributed by atoms with Gasteiger partial charge in [0.1, 0.15) is 23.8 Å². The summed E-state index contributed by atoms with van der Waals surface area (Å²) in [5, 5.41) is 3.02.